The second-order valence-corrected chi connectivity index (χ2v) is 9.84. The highest BCUT2D eigenvalue weighted by atomic mass is 35.5. The van der Waals surface area contributed by atoms with Gasteiger partial charge in [-0.1, -0.05) is 24.6 Å². The first kappa shape index (κ1) is 25.1. The van der Waals surface area contributed by atoms with Gasteiger partial charge in [-0.05, 0) is 24.1 Å². The molecule has 3 aromatic rings. The number of hydrogen-bond acceptors (Lipinski definition) is 10. The smallest absolute Gasteiger partial charge is 0.236 e. The molecule has 11 nitrogen and oxygen atoms in total. The summed E-state index contributed by atoms with van der Waals surface area (Å²) in [6.07, 6.45) is 1.73. The van der Waals surface area contributed by atoms with Gasteiger partial charge >= 0.3 is 0 Å². The van der Waals surface area contributed by atoms with Gasteiger partial charge in [-0.25, -0.2) is 4.68 Å². The number of allylic oxidation sites excluding steroid dienone is 1. The largest absolute Gasteiger partial charge is 0.496 e. The van der Waals surface area contributed by atoms with Crippen molar-refractivity contribution < 1.29 is 33.3 Å². The number of aromatic nitrogens is 3. The second-order valence-electron chi connectivity index (χ2n) is 9.46. The van der Waals surface area contributed by atoms with Crippen LogP contribution in [0.2, 0.25) is 5.02 Å². The number of hydrogen-bond donors (Lipinski definition) is 1. The van der Waals surface area contributed by atoms with E-state index in [9.17, 15) is 9.59 Å². The van der Waals surface area contributed by atoms with Crippen LogP contribution in [0.1, 0.15) is 35.3 Å². The third kappa shape index (κ3) is 3.29. The van der Waals surface area contributed by atoms with E-state index in [1.807, 2.05) is 6.07 Å². The zero-order valence-electron chi connectivity index (χ0n) is 21.8. The van der Waals surface area contributed by atoms with E-state index in [1.165, 1.54) is 33.7 Å². The monoisotopic (exact) mass is 552 g/mol. The number of fused-ring (bicyclic) bond motifs is 2. The lowest BCUT2D eigenvalue weighted by Gasteiger charge is -2.41. The number of halogens is 1. The molecule has 3 heterocycles. The first-order chi connectivity index (χ1) is 18.8. The predicted molar refractivity (Wildman–Crippen MR) is 139 cm³/mol. The molecule has 3 atom stereocenters. The maximum atomic E-state index is 14.7. The zero-order valence-corrected chi connectivity index (χ0v) is 22.6. The molecule has 1 spiro atoms. The highest BCUT2D eigenvalue weighted by molar-refractivity contribution is 6.36. The Hall–Kier alpha value is -4.25. The number of ketones is 2. The number of carbonyl (C=O) groups is 2. The highest BCUT2D eigenvalue weighted by Crippen LogP contribution is 2.55. The molecule has 0 amide bonds. The third-order valence-electron chi connectivity index (χ3n) is 7.61. The summed E-state index contributed by atoms with van der Waals surface area (Å²) in [5.41, 5.74) is -0.0889. The molecule has 0 unspecified atom stereocenters. The fraction of sp³-hybridized carbons (Fsp3) is 0.333. The van der Waals surface area contributed by atoms with Crippen molar-refractivity contribution in [3.8, 4) is 28.7 Å². The predicted octanol–water partition coefficient (Wildman–Crippen LogP) is 3.86. The van der Waals surface area contributed by atoms with Crippen molar-refractivity contribution in [3.63, 3.8) is 0 Å². The molecule has 0 saturated heterocycles. The van der Waals surface area contributed by atoms with Crippen LogP contribution in [-0.2, 0) is 4.79 Å². The Balaban J connectivity index is 1.53. The number of Topliss-reactive ketones (excluding diaryl/α,β-unsaturated/α-hetero) is 2. The number of anilines is 1. The molecule has 6 rings (SSSR count). The number of nitrogens with zero attached hydrogens (tertiary/aromatic N) is 3. The summed E-state index contributed by atoms with van der Waals surface area (Å²) in [5.74, 6) is 0.463. The Morgan fingerprint density at radius 3 is 2.41 bits per heavy atom. The van der Waals surface area contributed by atoms with Crippen LogP contribution in [0.25, 0.3) is 0 Å². The molecule has 12 heteroatoms. The molecule has 2 aromatic carbocycles. The second kappa shape index (κ2) is 8.91. The SMILES string of the molecule is COc1ccc([C@H]2C3=C(C[C@@H](C)[C@]4(Oc5c(Cl)c(OC)cc(OC)c5C4=O)C3=O)Nc3ncnn32)cc1OC. The van der Waals surface area contributed by atoms with E-state index < -0.39 is 29.1 Å². The Labute approximate surface area is 228 Å². The van der Waals surface area contributed by atoms with Gasteiger partial charge in [0.05, 0.1) is 28.4 Å². The Kier molecular flexibility index (Phi) is 5.72. The summed E-state index contributed by atoms with van der Waals surface area (Å²) in [6, 6.07) is 6.15. The number of carbonyl (C=O) groups excluding carboxylic acids is 2. The van der Waals surface area contributed by atoms with Gasteiger partial charge in [-0.3, -0.25) is 9.59 Å². The van der Waals surface area contributed by atoms with Crippen molar-refractivity contribution in [1.29, 1.82) is 0 Å². The molecule has 39 heavy (non-hydrogen) atoms. The molecule has 0 fully saturated rings. The van der Waals surface area contributed by atoms with E-state index in [0.717, 1.165) is 0 Å². The van der Waals surface area contributed by atoms with E-state index in [0.29, 0.717) is 40.7 Å². The summed E-state index contributed by atoms with van der Waals surface area (Å²) in [4.78, 5) is 33.2. The Morgan fingerprint density at radius 1 is 1.00 bits per heavy atom. The van der Waals surface area contributed by atoms with Crippen LogP contribution >= 0.6 is 11.6 Å². The maximum absolute atomic E-state index is 14.7. The minimum absolute atomic E-state index is 0.0648. The van der Waals surface area contributed by atoms with Gasteiger partial charge in [0.25, 0.3) is 0 Å². The summed E-state index contributed by atoms with van der Waals surface area (Å²) in [6.45, 7) is 1.80. The first-order valence-corrected chi connectivity index (χ1v) is 12.5. The van der Waals surface area contributed by atoms with E-state index in [2.05, 4.69) is 15.4 Å². The number of nitrogens with one attached hydrogen (secondary N) is 1. The molecule has 2 aliphatic heterocycles. The molecule has 0 radical (unpaired) electrons. The third-order valence-corrected chi connectivity index (χ3v) is 7.96. The van der Waals surface area contributed by atoms with Gasteiger partial charge in [0.2, 0.25) is 23.1 Å². The van der Waals surface area contributed by atoms with Crippen LogP contribution in [0, 0.1) is 5.92 Å². The Morgan fingerprint density at radius 2 is 1.72 bits per heavy atom. The van der Waals surface area contributed by atoms with Crippen molar-refractivity contribution in [2.75, 3.05) is 33.8 Å². The number of rotatable bonds is 5. The lowest BCUT2D eigenvalue weighted by atomic mass is 9.69. The van der Waals surface area contributed by atoms with Gasteiger partial charge in [0, 0.05) is 23.3 Å². The molecule has 1 N–H and O–H groups in total. The fourth-order valence-corrected chi connectivity index (χ4v) is 5.98. The number of ether oxygens (including phenoxy) is 5. The average Bonchev–Trinajstić information content (AvgIpc) is 3.54. The van der Waals surface area contributed by atoms with E-state index in [-0.39, 0.29) is 27.8 Å². The molecule has 0 bridgehead atoms. The van der Waals surface area contributed by atoms with Crippen LogP contribution < -0.4 is 29.0 Å². The highest BCUT2D eigenvalue weighted by Gasteiger charge is 2.63. The topological polar surface area (TPSA) is 123 Å². The lowest BCUT2D eigenvalue weighted by Crippen LogP contribution is -2.58. The summed E-state index contributed by atoms with van der Waals surface area (Å²) in [5, 5.41) is 7.73. The maximum Gasteiger partial charge on any atom is 0.236 e. The molecular formula is C27H25ClN4O7. The van der Waals surface area contributed by atoms with Crippen molar-refractivity contribution in [2.45, 2.75) is 25.0 Å². The van der Waals surface area contributed by atoms with Crippen LogP contribution in [-0.4, -0.2) is 60.4 Å². The average molecular weight is 553 g/mol. The summed E-state index contributed by atoms with van der Waals surface area (Å²) in [7, 11) is 5.95. The van der Waals surface area contributed by atoms with Gasteiger partial charge in [0.15, 0.2) is 17.2 Å². The van der Waals surface area contributed by atoms with Gasteiger partial charge < -0.3 is 29.0 Å². The minimum Gasteiger partial charge on any atom is -0.496 e. The molecule has 1 aromatic heterocycles. The lowest BCUT2D eigenvalue weighted by molar-refractivity contribution is -0.130. The normalized spacial score (nSPS) is 23.0. The van der Waals surface area contributed by atoms with Gasteiger partial charge in [-0.15, -0.1) is 0 Å². The zero-order chi connectivity index (χ0) is 27.6. The van der Waals surface area contributed by atoms with Crippen molar-refractivity contribution in [2.24, 2.45) is 5.92 Å². The molecule has 202 valence electrons. The quantitative estimate of drug-likeness (QED) is 0.467. The van der Waals surface area contributed by atoms with Crippen molar-refractivity contribution in [3.05, 3.63) is 58.0 Å². The Bertz CT molecular complexity index is 1580. The van der Waals surface area contributed by atoms with Crippen LogP contribution in [0.15, 0.2) is 41.9 Å². The fourth-order valence-electron chi connectivity index (χ4n) is 5.72. The number of methoxy groups -OCH3 is 4. The van der Waals surface area contributed by atoms with E-state index in [1.54, 1.807) is 30.8 Å². The van der Waals surface area contributed by atoms with E-state index in [4.69, 9.17) is 35.3 Å². The minimum atomic E-state index is -1.86. The van der Waals surface area contributed by atoms with Gasteiger partial charge in [0.1, 0.15) is 34.5 Å². The van der Waals surface area contributed by atoms with Crippen molar-refractivity contribution >= 4 is 29.1 Å². The summed E-state index contributed by atoms with van der Waals surface area (Å²) >= 11 is 6.58. The molecule has 3 aliphatic rings. The van der Waals surface area contributed by atoms with Crippen LogP contribution in [0.5, 0.6) is 28.7 Å². The molecule has 1 aliphatic carbocycles. The van der Waals surface area contributed by atoms with Gasteiger partial charge in [-0.2, -0.15) is 10.1 Å². The summed E-state index contributed by atoms with van der Waals surface area (Å²) < 4.78 is 29.7. The van der Waals surface area contributed by atoms with Crippen molar-refractivity contribution in [1.82, 2.24) is 14.8 Å². The standard InChI is InChI=1S/C27H25ClN4O7/c1-12-8-14-19(22(32-26(31-14)29-11-30-32)13-6-7-15(35-2)16(9-13)36-3)24(33)27(12)25(34)20-17(37-4)10-18(38-5)21(28)23(20)39-27/h6-7,9-12,22H,8H2,1-5H3,(H,29,30,31)/t12-,22+,27+/m1/s1. The first-order valence-electron chi connectivity index (χ1n) is 12.1. The number of benzene rings is 2. The van der Waals surface area contributed by atoms with E-state index >= 15 is 0 Å². The van der Waals surface area contributed by atoms with Crippen LogP contribution in [0.3, 0.4) is 0 Å². The molecular weight excluding hydrogens is 528 g/mol. The molecule has 0 saturated carbocycles. The van der Waals surface area contributed by atoms with Crippen LogP contribution in [0.4, 0.5) is 5.95 Å².